The Bertz CT molecular complexity index is 362. The molecule has 0 saturated heterocycles. The molecule has 0 fully saturated rings. The van der Waals surface area contributed by atoms with E-state index in [0.717, 1.165) is 17.1 Å². The number of carboxylic acid groups (broad SMARTS) is 1. The molecular formula is C10H10O3S. The lowest BCUT2D eigenvalue weighted by atomic mass is 10.1. The van der Waals surface area contributed by atoms with E-state index in [2.05, 4.69) is 0 Å². The van der Waals surface area contributed by atoms with Gasteiger partial charge in [0.15, 0.2) is 0 Å². The Balaban J connectivity index is 2.47. The molecule has 1 N–H and O–H groups in total. The van der Waals surface area contributed by atoms with Crippen LogP contribution in [0.15, 0.2) is 18.2 Å². The molecule has 0 aliphatic carbocycles. The molecule has 74 valence electrons. The monoisotopic (exact) mass is 210 g/mol. The van der Waals surface area contributed by atoms with Crippen molar-refractivity contribution >= 4 is 17.7 Å². The van der Waals surface area contributed by atoms with Crippen molar-refractivity contribution in [1.82, 2.24) is 0 Å². The average Bonchev–Trinajstić information content (AvgIpc) is 2.41. The Labute approximate surface area is 86.1 Å². The molecule has 1 aliphatic rings. The number of hydrogen-bond donors (Lipinski definition) is 1. The molecule has 3 nitrogen and oxygen atoms in total. The lowest BCUT2D eigenvalue weighted by Crippen LogP contribution is -2.05. The zero-order chi connectivity index (χ0) is 9.97. The lowest BCUT2D eigenvalue weighted by molar-refractivity contribution is 0.0692. The highest BCUT2D eigenvalue weighted by atomic mass is 32.2. The summed E-state index contributed by atoms with van der Waals surface area (Å²) >= 11 is 1.76. The van der Waals surface area contributed by atoms with E-state index in [1.54, 1.807) is 23.9 Å². The van der Waals surface area contributed by atoms with Crippen LogP contribution in [0, 0.1) is 0 Å². The standard InChI is InChI=1S/C10H10O3S/c11-10(12)8-3-1-2-7-6-14-5-4-13-9(7)8/h1-3H,4-6H2,(H,11,12). The fourth-order valence-corrected chi connectivity index (χ4v) is 2.21. The number of fused-ring (bicyclic) bond motifs is 1. The van der Waals surface area contributed by atoms with Crippen LogP contribution >= 0.6 is 11.8 Å². The Kier molecular flexibility index (Phi) is 2.63. The van der Waals surface area contributed by atoms with Crippen molar-refractivity contribution in [3.05, 3.63) is 29.3 Å². The molecule has 4 heteroatoms. The second-order valence-corrected chi connectivity index (χ2v) is 4.11. The molecule has 0 atom stereocenters. The highest BCUT2D eigenvalue weighted by Crippen LogP contribution is 2.30. The maximum absolute atomic E-state index is 10.9. The van der Waals surface area contributed by atoms with Gasteiger partial charge in [-0.1, -0.05) is 12.1 Å². The summed E-state index contributed by atoms with van der Waals surface area (Å²) in [7, 11) is 0. The quantitative estimate of drug-likeness (QED) is 0.770. The van der Waals surface area contributed by atoms with Gasteiger partial charge in [0.2, 0.25) is 0 Å². The molecule has 0 bridgehead atoms. The highest BCUT2D eigenvalue weighted by molar-refractivity contribution is 7.98. The van der Waals surface area contributed by atoms with Crippen LogP contribution in [0.4, 0.5) is 0 Å². The number of thioether (sulfide) groups is 1. The van der Waals surface area contributed by atoms with E-state index in [1.165, 1.54) is 0 Å². The average molecular weight is 210 g/mol. The van der Waals surface area contributed by atoms with Gasteiger partial charge in [-0.2, -0.15) is 11.8 Å². The van der Waals surface area contributed by atoms with E-state index in [-0.39, 0.29) is 5.56 Å². The third kappa shape index (κ3) is 1.70. The molecule has 0 aromatic heterocycles. The minimum Gasteiger partial charge on any atom is -0.492 e. The fraction of sp³-hybridized carbons (Fsp3) is 0.300. The third-order valence-electron chi connectivity index (χ3n) is 2.06. The molecule has 1 heterocycles. The van der Waals surface area contributed by atoms with Gasteiger partial charge in [0.1, 0.15) is 11.3 Å². The van der Waals surface area contributed by atoms with Crippen molar-refractivity contribution in [3.8, 4) is 5.75 Å². The summed E-state index contributed by atoms with van der Waals surface area (Å²) in [6.07, 6.45) is 0. The van der Waals surface area contributed by atoms with Crippen LogP contribution < -0.4 is 4.74 Å². The lowest BCUT2D eigenvalue weighted by Gasteiger charge is -2.08. The van der Waals surface area contributed by atoms with Crippen LogP contribution in [0.1, 0.15) is 15.9 Å². The number of hydrogen-bond acceptors (Lipinski definition) is 3. The van der Waals surface area contributed by atoms with E-state index in [9.17, 15) is 4.79 Å². The number of rotatable bonds is 1. The minimum atomic E-state index is -0.922. The van der Waals surface area contributed by atoms with E-state index in [1.807, 2.05) is 6.07 Å². The molecule has 0 saturated carbocycles. The predicted molar refractivity (Wildman–Crippen MR) is 55.1 cm³/mol. The summed E-state index contributed by atoms with van der Waals surface area (Å²) in [5, 5.41) is 8.95. The van der Waals surface area contributed by atoms with Gasteiger partial charge >= 0.3 is 5.97 Å². The first-order valence-corrected chi connectivity index (χ1v) is 5.50. The topological polar surface area (TPSA) is 46.5 Å². The molecule has 1 aliphatic heterocycles. The summed E-state index contributed by atoms with van der Waals surface area (Å²) in [5.41, 5.74) is 1.25. The number of carboxylic acids is 1. The zero-order valence-electron chi connectivity index (χ0n) is 7.53. The van der Waals surface area contributed by atoms with E-state index < -0.39 is 5.97 Å². The summed E-state index contributed by atoms with van der Waals surface area (Å²) in [5.74, 6) is 1.36. The van der Waals surface area contributed by atoms with Crippen molar-refractivity contribution in [2.75, 3.05) is 12.4 Å². The first-order valence-electron chi connectivity index (χ1n) is 4.35. The number of carbonyl (C=O) groups is 1. The SMILES string of the molecule is O=C(O)c1cccc2c1OCCSC2. The van der Waals surface area contributed by atoms with Crippen molar-refractivity contribution in [1.29, 1.82) is 0 Å². The molecule has 1 aromatic carbocycles. The Morgan fingerprint density at radius 2 is 2.36 bits per heavy atom. The normalized spacial score (nSPS) is 15.1. The second kappa shape index (κ2) is 3.92. The third-order valence-corrected chi connectivity index (χ3v) is 3.03. The van der Waals surface area contributed by atoms with E-state index in [4.69, 9.17) is 9.84 Å². The smallest absolute Gasteiger partial charge is 0.339 e. The van der Waals surface area contributed by atoms with Crippen LogP contribution in [0.2, 0.25) is 0 Å². The van der Waals surface area contributed by atoms with Gasteiger partial charge in [-0.3, -0.25) is 0 Å². The van der Waals surface area contributed by atoms with Gasteiger partial charge in [0.05, 0.1) is 6.61 Å². The van der Waals surface area contributed by atoms with Gasteiger partial charge < -0.3 is 9.84 Å². The Morgan fingerprint density at radius 1 is 1.50 bits per heavy atom. The zero-order valence-corrected chi connectivity index (χ0v) is 8.34. The molecule has 0 unspecified atom stereocenters. The Hall–Kier alpha value is -1.16. The first kappa shape index (κ1) is 9.40. The molecule has 14 heavy (non-hydrogen) atoms. The second-order valence-electron chi connectivity index (χ2n) is 3.00. The van der Waals surface area contributed by atoms with E-state index in [0.29, 0.717) is 12.4 Å². The molecule has 0 spiro atoms. The summed E-state index contributed by atoms with van der Waals surface area (Å²) < 4.78 is 5.44. The summed E-state index contributed by atoms with van der Waals surface area (Å²) in [4.78, 5) is 10.9. The maximum atomic E-state index is 10.9. The molecular weight excluding hydrogens is 200 g/mol. The number of ether oxygens (including phenoxy) is 1. The molecule has 2 rings (SSSR count). The van der Waals surface area contributed by atoms with Crippen molar-refractivity contribution in [3.63, 3.8) is 0 Å². The van der Waals surface area contributed by atoms with Crippen LogP contribution in [0.25, 0.3) is 0 Å². The maximum Gasteiger partial charge on any atom is 0.339 e. The van der Waals surface area contributed by atoms with Gasteiger partial charge in [-0.15, -0.1) is 0 Å². The van der Waals surface area contributed by atoms with Crippen molar-refractivity contribution in [2.24, 2.45) is 0 Å². The predicted octanol–water partition coefficient (Wildman–Crippen LogP) is 2.01. The van der Waals surface area contributed by atoms with Crippen LogP contribution in [-0.2, 0) is 5.75 Å². The number of benzene rings is 1. The minimum absolute atomic E-state index is 0.269. The molecule has 0 radical (unpaired) electrons. The molecule has 1 aromatic rings. The number of aromatic carboxylic acids is 1. The van der Waals surface area contributed by atoms with Crippen LogP contribution in [0.3, 0.4) is 0 Å². The van der Waals surface area contributed by atoms with Crippen molar-refractivity contribution < 1.29 is 14.6 Å². The van der Waals surface area contributed by atoms with Gasteiger partial charge in [0, 0.05) is 17.1 Å². The van der Waals surface area contributed by atoms with Gasteiger partial charge in [0.25, 0.3) is 0 Å². The largest absolute Gasteiger partial charge is 0.492 e. The van der Waals surface area contributed by atoms with E-state index >= 15 is 0 Å². The Morgan fingerprint density at radius 3 is 3.14 bits per heavy atom. The number of para-hydroxylation sites is 1. The van der Waals surface area contributed by atoms with Crippen LogP contribution in [0.5, 0.6) is 5.75 Å². The highest BCUT2D eigenvalue weighted by Gasteiger charge is 2.17. The first-order chi connectivity index (χ1) is 6.79. The van der Waals surface area contributed by atoms with Crippen LogP contribution in [-0.4, -0.2) is 23.4 Å². The van der Waals surface area contributed by atoms with Gasteiger partial charge in [-0.25, -0.2) is 4.79 Å². The van der Waals surface area contributed by atoms with Gasteiger partial charge in [-0.05, 0) is 6.07 Å². The van der Waals surface area contributed by atoms with Crippen molar-refractivity contribution in [2.45, 2.75) is 5.75 Å². The fourth-order valence-electron chi connectivity index (χ4n) is 1.42. The summed E-state index contributed by atoms with van der Waals surface area (Å²) in [6.45, 7) is 0.585. The molecule has 0 amide bonds. The summed E-state index contributed by atoms with van der Waals surface area (Å²) in [6, 6.07) is 5.26.